The Bertz CT molecular complexity index is 317. The van der Waals surface area contributed by atoms with Crippen LogP contribution in [-0.4, -0.2) is 5.92 Å². The number of halogens is 2. The fourth-order valence-corrected chi connectivity index (χ4v) is 3.45. The Labute approximate surface area is 103 Å². The van der Waals surface area contributed by atoms with Crippen LogP contribution in [0.3, 0.4) is 0 Å². The van der Waals surface area contributed by atoms with E-state index in [1.807, 2.05) is 6.92 Å². The zero-order chi connectivity index (χ0) is 12.5. The highest BCUT2D eigenvalue weighted by atomic mass is 19.3. The van der Waals surface area contributed by atoms with E-state index in [1.165, 1.54) is 0 Å². The molecule has 17 heavy (non-hydrogen) atoms. The average molecular weight is 242 g/mol. The summed E-state index contributed by atoms with van der Waals surface area (Å²) in [4.78, 5) is 0. The van der Waals surface area contributed by atoms with Gasteiger partial charge >= 0.3 is 0 Å². The van der Waals surface area contributed by atoms with Gasteiger partial charge in [0.1, 0.15) is 0 Å². The Morgan fingerprint density at radius 1 is 1.06 bits per heavy atom. The van der Waals surface area contributed by atoms with E-state index in [1.54, 1.807) is 0 Å². The SMILES string of the molecule is CCC1(C)CCCCC2=C(CCC2)C(F)(F)C1. The molecule has 0 saturated heterocycles. The van der Waals surface area contributed by atoms with Gasteiger partial charge in [0.15, 0.2) is 0 Å². The minimum atomic E-state index is -2.54. The van der Waals surface area contributed by atoms with Gasteiger partial charge in [-0.15, -0.1) is 0 Å². The van der Waals surface area contributed by atoms with Crippen molar-refractivity contribution in [2.45, 2.75) is 77.6 Å². The van der Waals surface area contributed by atoms with Crippen LogP contribution < -0.4 is 0 Å². The smallest absolute Gasteiger partial charge is 0.202 e. The Morgan fingerprint density at radius 3 is 2.47 bits per heavy atom. The van der Waals surface area contributed by atoms with Gasteiger partial charge in [-0.25, -0.2) is 8.78 Å². The molecule has 2 rings (SSSR count). The van der Waals surface area contributed by atoms with Crippen molar-refractivity contribution < 1.29 is 8.78 Å². The van der Waals surface area contributed by atoms with Crippen LogP contribution in [0, 0.1) is 5.41 Å². The Kier molecular flexibility index (Phi) is 3.61. The highest BCUT2D eigenvalue weighted by Gasteiger charge is 2.43. The molecule has 0 fully saturated rings. The van der Waals surface area contributed by atoms with Crippen LogP contribution in [0.4, 0.5) is 8.78 Å². The molecule has 0 heterocycles. The fraction of sp³-hybridized carbons (Fsp3) is 0.867. The lowest BCUT2D eigenvalue weighted by atomic mass is 9.76. The molecule has 0 nitrogen and oxygen atoms in total. The van der Waals surface area contributed by atoms with E-state index < -0.39 is 5.92 Å². The average Bonchev–Trinajstić information content (AvgIpc) is 2.72. The molecule has 0 aromatic heterocycles. The lowest BCUT2D eigenvalue weighted by molar-refractivity contribution is -0.0140. The lowest BCUT2D eigenvalue weighted by Crippen LogP contribution is -2.29. The zero-order valence-corrected chi connectivity index (χ0v) is 11.1. The van der Waals surface area contributed by atoms with Gasteiger partial charge in [-0.2, -0.15) is 0 Å². The fourth-order valence-electron chi connectivity index (χ4n) is 3.45. The summed E-state index contributed by atoms with van der Waals surface area (Å²) in [5.74, 6) is -2.54. The molecule has 98 valence electrons. The largest absolute Gasteiger partial charge is 0.270 e. The molecule has 1 unspecified atom stereocenters. The molecule has 0 amide bonds. The predicted octanol–water partition coefficient (Wildman–Crippen LogP) is 5.48. The third kappa shape index (κ3) is 2.71. The number of alkyl halides is 2. The van der Waals surface area contributed by atoms with Gasteiger partial charge < -0.3 is 0 Å². The third-order valence-electron chi connectivity index (χ3n) is 4.78. The molecule has 0 spiro atoms. The maximum Gasteiger partial charge on any atom is 0.270 e. The first-order chi connectivity index (χ1) is 7.97. The molecule has 0 aliphatic heterocycles. The second-order valence-corrected chi connectivity index (χ2v) is 6.19. The van der Waals surface area contributed by atoms with Crippen molar-refractivity contribution in [2.24, 2.45) is 5.41 Å². The third-order valence-corrected chi connectivity index (χ3v) is 4.78. The Hall–Kier alpha value is -0.400. The van der Waals surface area contributed by atoms with Crippen molar-refractivity contribution in [2.75, 3.05) is 0 Å². The van der Waals surface area contributed by atoms with Gasteiger partial charge in [0, 0.05) is 6.42 Å². The molecule has 0 radical (unpaired) electrons. The highest BCUT2D eigenvalue weighted by molar-refractivity contribution is 5.26. The van der Waals surface area contributed by atoms with Crippen LogP contribution in [0.25, 0.3) is 0 Å². The molecule has 2 aliphatic carbocycles. The summed E-state index contributed by atoms with van der Waals surface area (Å²) in [7, 11) is 0. The first kappa shape index (κ1) is 13.0. The van der Waals surface area contributed by atoms with Crippen LogP contribution in [0.15, 0.2) is 11.1 Å². The minimum Gasteiger partial charge on any atom is -0.202 e. The van der Waals surface area contributed by atoms with Crippen LogP contribution in [-0.2, 0) is 0 Å². The van der Waals surface area contributed by atoms with E-state index in [9.17, 15) is 8.78 Å². The molecular weight excluding hydrogens is 218 g/mol. The van der Waals surface area contributed by atoms with Gasteiger partial charge in [-0.3, -0.25) is 0 Å². The van der Waals surface area contributed by atoms with Crippen molar-refractivity contribution in [3.63, 3.8) is 0 Å². The van der Waals surface area contributed by atoms with E-state index >= 15 is 0 Å². The van der Waals surface area contributed by atoms with E-state index in [2.05, 4.69) is 6.92 Å². The summed E-state index contributed by atoms with van der Waals surface area (Å²) < 4.78 is 28.8. The molecule has 2 aliphatic rings. The van der Waals surface area contributed by atoms with Crippen molar-refractivity contribution in [1.82, 2.24) is 0 Å². The monoisotopic (exact) mass is 242 g/mol. The maximum atomic E-state index is 14.4. The van der Waals surface area contributed by atoms with E-state index in [4.69, 9.17) is 0 Å². The number of hydrogen-bond donors (Lipinski definition) is 0. The topological polar surface area (TPSA) is 0 Å². The summed E-state index contributed by atoms with van der Waals surface area (Å²) in [6.45, 7) is 4.10. The molecule has 0 N–H and O–H groups in total. The van der Waals surface area contributed by atoms with Crippen LogP contribution in [0.2, 0.25) is 0 Å². The number of allylic oxidation sites excluding steroid dienone is 2. The zero-order valence-electron chi connectivity index (χ0n) is 11.1. The summed E-state index contributed by atoms with van der Waals surface area (Å²) in [6, 6.07) is 0. The van der Waals surface area contributed by atoms with Gasteiger partial charge in [0.25, 0.3) is 5.92 Å². The van der Waals surface area contributed by atoms with Gasteiger partial charge in [-0.1, -0.05) is 32.3 Å². The van der Waals surface area contributed by atoms with Crippen LogP contribution in [0.1, 0.15) is 71.6 Å². The van der Waals surface area contributed by atoms with Gasteiger partial charge in [0.2, 0.25) is 0 Å². The normalized spacial score (nSPS) is 33.9. The van der Waals surface area contributed by atoms with Crippen molar-refractivity contribution in [1.29, 1.82) is 0 Å². The van der Waals surface area contributed by atoms with E-state index in [0.717, 1.165) is 50.5 Å². The summed E-state index contributed by atoms with van der Waals surface area (Å²) in [6.07, 6.45) is 7.53. The first-order valence-corrected chi connectivity index (χ1v) is 7.06. The summed E-state index contributed by atoms with van der Waals surface area (Å²) >= 11 is 0. The van der Waals surface area contributed by atoms with Gasteiger partial charge in [-0.05, 0) is 49.5 Å². The standard InChI is InChI=1S/C15H24F2/c1-3-14(2)10-5-4-7-12-8-6-9-13(12)15(16,17)11-14/h3-11H2,1-2H3. The minimum absolute atomic E-state index is 0.0648. The molecule has 0 aromatic carbocycles. The number of hydrogen-bond acceptors (Lipinski definition) is 0. The highest BCUT2D eigenvalue weighted by Crippen LogP contribution is 2.48. The van der Waals surface area contributed by atoms with Crippen molar-refractivity contribution in [3.8, 4) is 0 Å². The Morgan fingerprint density at radius 2 is 1.76 bits per heavy atom. The van der Waals surface area contributed by atoms with E-state index in [-0.39, 0.29) is 11.8 Å². The number of rotatable bonds is 1. The summed E-state index contributed by atoms with van der Waals surface area (Å²) in [5.41, 5.74) is 1.43. The van der Waals surface area contributed by atoms with E-state index in [0.29, 0.717) is 12.0 Å². The molecule has 0 saturated carbocycles. The maximum absolute atomic E-state index is 14.4. The predicted molar refractivity (Wildman–Crippen MR) is 67.3 cm³/mol. The van der Waals surface area contributed by atoms with Crippen molar-refractivity contribution in [3.05, 3.63) is 11.1 Å². The van der Waals surface area contributed by atoms with Crippen LogP contribution in [0.5, 0.6) is 0 Å². The van der Waals surface area contributed by atoms with Crippen molar-refractivity contribution >= 4 is 0 Å². The van der Waals surface area contributed by atoms with Crippen LogP contribution >= 0.6 is 0 Å². The summed E-state index contributed by atoms with van der Waals surface area (Å²) in [5, 5.41) is 0. The Balaban J connectivity index is 2.28. The molecule has 0 aromatic rings. The second-order valence-electron chi connectivity index (χ2n) is 6.19. The van der Waals surface area contributed by atoms with Gasteiger partial charge in [0.05, 0.1) is 0 Å². The molecule has 0 bridgehead atoms. The first-order valence-electron chi connectivity index (χ1n) is 7.06. The molecular formula is C15H24F2. The molecule has 2 heteroatoms. The second kappa shape index (κ2) is 4.70. The molecule has 1 atom stereocenters. The lowest BCUT2D eigenvalue weighted by Gasteiger charge is -2.32. The quantitative estimate of drug-likeness (QED) is 0.534.